The largest absolute Gasteiger partial charge is 0.479 e. The van der Waals surface area contributed by atoms with Crippen LogP contribution >= 0.6 is 11.6 Å². The zero-order valence-corrected chi connectivity index (χ0v) is 16.4. The number of carboxylic acids is 1. The molecule has 0 radical (unpaired) electrons. The highest BCUT2D eigenvalue weighted by atomic mass is 35.5. The Morgan fingerprint density at radius 2 is 1.88 bits per heavy atom. The summed E-state index contributed by atoms with van der Waals surface area (Å²) in [6, 6.07) is 9.72. The van der Waals surface area contributed by atoms with Gasteiger partial charge < -0.3 is 9.84 Å². The van der Waals surface area contributed by atoms with Crippen molar-refractivity contribution in [3.8, 4) is 16.9 Å². The fraction of sp³-hybridized carbons (Fsp3) is 0.316. The van der Waals surface area contributed by atoms with Crippen molar-refractivity contribution in [1.82, 2.24) is 0 Å². The molecule has 1 atom stereocenters. The predicted molar refractivity (Wildman–Crippen MR) is 102 cm³/mol. The van der Waals surface area contributed by atoms with E-state index in [1.807, 2.05) is 13.8 Å². The van der Waals surface area contributed by atoms with E-state index >= 15 is 0 Å². The predicted octanol–water partition coefficient (Wildman–Crippen LogP) is 4.35. The van der Waals surface area contributed by atoms with Crippen LogP contribution in [0.3, 0.4) is 0 Å². The fourth-order valence-corrected chi connectivity index (χ4v) is 4.05. The number of carboxylic acid groups (broad SMARTS) is 1. The summed E-state index contributed by atoms with van der Waals surface area (Å²) in [7, 11) is -3.38. The number of sulfone groups is 1. The third-order valence-electron chi connectivity index (χ3n) is 3.92. The van der Waals surface area contributed by atoms with Crippen molar-refractivity contribution >= 4 is 27.4 Å². The van der Waals surface area contributed by atoms with Crippen molar-refractivity contribution in [2.45, 2.75) is 38.2 Å². The minimum Gasteiger partial charge on any atom is -0.479 e. The normalized spacial score (nSPS) is 12.6. The van der Waals surface area contributed by atoms with Crippen LogP contribution in [0.1, 0.15) is 25.8 Å². The Labute approximate surface area is 158 Å². The molecule has 140 valence electrons. The Bertz CT molecular complexity index is 922. The van der Waals surface area contributed by atoms with Crippen molar-refractivity contribution in [2.24, 2.45) is 0 Å². The zero-order chi connectivity index (χ0) is 19.5. The summed E-state index contributed by atoms with van der Waals surface area (Å²) in [5.74, 6) is -0.705. The molecule has 2 aromatic rings. The molecular weight excluding hydrogens is 376 g/mol. The van der Waals surface area contributed by atoms with Crippen LogP contribution in [0.4, 0.5) is 0 Å². The molecule has 0 heterocycles. The van der Waals surface area contributed by atoms with Crippen LogP contribution in [0.25, 0.3) is 11.1 Å². The molecular formula is C19H21ClO5S. The lowest BCUT2D eigenvalue weighted by Crippen LogP contribution is -2.23. The van der Waals surface area contributed by atoms with E-state index in [-0.39, 0.29) is 10.6 Å². The monoisotopic (exact) mass is 396 g/mol. The quantitative estimate of drug-likeness (QED) is 0.752. The van der Waals surface area contributed by atoms with Crippen molar-refractivity contribution in [3.05, 3.63) is 47.0 Å². The number of ether oxygens (including phenoxy) is 1. The van der Waals surface area contributed by atoms with Gasteiger partial charge in [-0.25, -0.2) is 13.2 Å². The summed E-state index contributed by atoms with van der Waals surface area (Å²) in [5.41, 5.74) is 2.02. The second kappa shape index (κ2) is 8.10. The number of aliphatic carboxylic acids is 1. The average Bonchev–Trinajstić information content (AvgIpc) is 2.56. The highest BCUT2D eigenvalue weighted by molar-refractivity contribution is 7.91. The number of rotatable bonds is 7. The Balaban J connectivity index is 2.60. The third-order valence-corrected chi connectivity index (χ3v) is 6.08. The van der Waals surface area contributed by atoms with Crippen LogP contribution in [0, 0.1) is 6.92 Å². The van der Waals surface area contributed by atoms with Crippen LogP contribution in [-0.2, 0) is 14.6 Å². The van der Waals surface area contributed by atoms with Crippen LogP contribution in [0.15, 0.2) is 41.3 Å². The number of halogens is 1. The van der Waals surface area contributed by atoms with Gasteiger partial charge in [-0.2, -0.15) is 0 Å². The van der Waals surface area contributed by atoms with Crippen LogP contribution in [0.2, 0.25) is 5.02 Å². The molecule has 2 aromatic carbocycles. The second-order valence-corrected chi connectivity index (χ2v) is 8.58. The molecule has 1 unspecified atom stereocenters. The zero-order valence-electron chi connectivity index (χ0n) is 14.8. The van der Waals surface area contributed by atoms with Crippen molar-refractivity contribution < 1.29 is 23.1 Å². The highest BCUT2D eigenvalue weighted by Gasteiger charge is 2.19. The van der Waals surface area contributed by atoms with Crippen LogP contribution < -0.4 is 4.74 Å². The van der Waals surface area contributed by atoms with E-state index in [4.69, 9.17) is 21.4 Å². The van der Waals surface area contributed by atoms with Crippen LogP contribution in [0.5, 0.6) is 5.75 Å². The molecule has 26 heavy (non-hydrogen) atoms. The van der Waals surface area contributed by atoms with Gasteiger partial charge in [0.1, 0.15) is 5.75 Å². The molecule has 0 fully saturated rings. The summed E-state index contributed by atoms with van der Waals surface area (Å²) in [6.07, 6.45) is -0.532. The average molecular weight is 397 g/mol. The topological polar surface area (TPSA) is 80.7 Å². The maximum atomic E-state index is 12.4. The fourth-order valence-electron chi connectivity index (χ4n) is 2.53. The number of hydrogen-bond donors (Lipinski definition) is 1. The molecule has 0 bridgehead atoms. The van der Waals surface area contributed by atoms with Gasteiger partial charge in [0.15, 0.2) is 15.9 Å². The molecule has 7 heteroatoms. The molecule has 0 aliphatic carbocycles. The number of benzene rings is 2. The molecule has 0 aromatic heterocycles. The first-order valence-corrected chi connectivity index (χ1v) is 10.2. The number of carbonyl (C=O) groups is 1. The molecule has 0 spiro atoms. The van der Waals surface area contributed by atoms with Crippen molar-refractivity contribution in [2.75, 3.05) is 5.75 Å². The molecule has 5 nitrogen and oxygen atoms in total. The molecule has 0 saturated carbocycles. The maximum Gasteiger partial charge on any atom is 0.344 e. The van der Waals surface area contributed by atoms with Gasteiger partial charge in [0.25, 0.3) is 0 Å². The van der Waals surface area contributed by atoms with Gasteiger partial charge >= 0.3 is 5.97 Å². The SMILES string of the molecule is CCCS(=O)(=O)c1ccc(C)c(-c2cc(Cl)ccc2OC(C)C(=O)O)c1. The van der Waals surface area contributed by atoms with E-state index in [0.29, 0.717) is 28.3 Å². The van der Waals surface area contributed by atoms with Gasteiger partial charge in [-0.05, 0) is 61.7 Å². The van der Waals surface area contributed by atoms with Gasteiger partial charge in [0, 0.05) is 10.6 Å². The number of hydrogen-bond acceptors (Lipinski definition) is 4. The molecule has 0 saturated heterocycles. The standard InChI is InChI=1S/C19H21ClO5S/c1-4-9-26(23,24)15-7-5-12(2)16(11-15)17-10-14(20)6-8-18(17)25-13(3)19(21)22/h5-8,10-11,13H,4,9H2,1-3H3,(H,21,22). The lowest BCUT2D eigenvalue weighted by atomic mass is 10.00. The van der Waals surface area contributed by atoms with E-state index in [1.54, 1.807) is 36.4 Å². The van der Waals surface area contributed by atoms with Gasteiger partial charge in [-0.3, -0.25) is 0 Å². The van der Waals surface area contributed by atoms with Gasteiger partial charge in [0.2, 0.25) is 0 Å². The lowest BCUT2D eigenvalue weighted by molar-refractivity contribution is -0.144. The van der Waals surface area contributed by atoms with Gasteiger partial charge in [-0.15, -0.1) is 0 Å². The summed E-state index contributed by atoms with van der Waals surface area (Å²) in [6.45, 7) is 5.08. The third kappa shape index (κ3) is 4.56. The minimum absolute atomic E-state index is 0.0600. The van der Waals surface area contributed by atoms with E-state index in [9.17, 15) is 13.2 Å². The van der Waals surface area contributed by atoms with Gasteiger partial charge in [0.05, 0.1) is 10.6 Å². The van der Waals surface area contributed by atoms with E-state index in [1.165, 1.54) is 6.92 Å². The Hall–Kier alpha value is -2.05. The first kappa shape index (κ1) is 20.3. The van der Waals surface area contributed by atoms with Crippen LogP contribution in [-0.4, -0.2) is 31.4 Å². The number of aryl methyl sites for hydroxylation is 1. The second-order valence-electron chi connectivity index (χ2n) is 6.03. The molecule has 0 aliphatic heterocycles. The molecule has 0 aliphatic rings. The summed E-state index contributed by atoms with van der Waals surface area (Å²) >= 11 is 6.11. The summed E-state index contributed by atoms with van der Waals surface area (Å²) in [4.78, 5) is 11.3. The van der Waals surface area contributed by atoms with E-state index in [0.717, 1.165) is 5.56 Å². The Kier molecular flexibility index (Phi) is 6.31. The molecule has 1 N–H and O–H groups in total. The Morgan fingerprint density at radius 1 is 1.19 bits per heavy atom. The Morgan fingerprint density at radius 3 is 2.50 bits per heavy atom. The van der Waals surface area contributed by atoms with E-state index < -0.39 is 21.9 Å². The molecule has 2 rings (SSSR count). The van der Waals surface area contributed by atoms with Gasteiger partial charge in [-0.1, -0.05) is 24.6 Å². The minimum atomic E-state index is -3.38. The smallest absolute Gasteiger partial charge is 0.344 e. The van der Waals surface area contributed by atoms with Crippen molar-refractivity contribution in [3.63, 3.8) is 0 Å². The van der Waals surface area contributed by atoms with E-state index in [2.05, 4.69) is 0 Å². The lowest BCUT2D eigenvalue weighted by Gasteiger charge is -2.17. The summed E-state index contributed by atoms with van der Waals surface area (Å²) in [5, 5.41) is 9.53. The molecule has 0 amide bonds. The first-order valence-electron chi connectivity index (χ1n) is 8.18. The first-order chi connectivity index (χ1) is 12.2. The summed E-state index contributed by atoms with van der Waals surface area (Å²) < 4.78 is 30.4. The highest BCUT2D eigenvalue weighted by Crippen LogP contribution is 2.36. The van der Waals surface area contributed by atoms with Crippen molar-refractivity contribution in [1.29, 1.82) is 0 Å². The maximum absolute atomic E-state index is 12.4.